The lowest BCUT2D eigenvalue weighted by molar-refractivity contribution is -0.135. The van der Waals surface area contributed by atoms with Crippen molar-refractivity contribution in [3.05, 3.63) is 81.6 Å². The Kier molecular flexibility index (Phi) is 6.23. The van der Waals surface area contributed by atoms with Gasteiger partial charge in [0.15, 0.2) is 0 Å². The monoisotopic (exact) mass is 458 g/mol. The van der Waals surface area contributed by atoms with Gasteiger partial charge >= 0.3 is 0 Å². The van der Waals surface area contributed by atoms with Crippen LogP contribution in [0.5, 0.6) is 0 Å². The van der Waals surface area contributed by atoms with E-state index < -0.39 is 17.4 Å². The molecule has 0 aliphatic carbocycles. The second-order valence-electron chi connectivity index (χ2n) is 7.59. The van der Waals surface area contributed by atoms with Crippen molar-refractivity contribution in [1.82, 2.24) is 14.7 Å². The van der Waals surface area contributed by atoms with Gasteiger partial charge < -0.3 is 9.80 Å². The second kappa shape index (κ2) is 9.08. The molecule has 6 nitrogen and oxygen atoms in total. The molecule has 0 radical (unpaired) electrons. The van der Waals surface area contributed by atoms with E-state index in [1.165, 1.54) is 24.3 Å². The molecule has 0 saturated carbocycles. The number of anilines is 1. The van der Waals surface area contributed by atoms with Crippen LogP contribution in [0, 0.1) is 11.6 Å². The summed E-state index contributed by atoms with van der Waals surface area (Å²) in [4.78, 5) is 29.2. The van der Waals surface area contributed by atoms with Crippen LogP contribution in [0.3, 0.4) is 0 Å². The first-order valence-electron chi connectivity index (χ1n) is 10.2. The number of piperazine rings is 1. The number of hydrogen-bond donors (Lipinski definition) is 0. The van der Waals surface area contributed by atoms with Gasteiger partial charge in [-0.1, -0.05) is 11.6 Å². The first-order chi connectivity index (χ1) is 15.3. The number of carbonyl (C=O) groups is 1. The highest BCUT2D eigenvalue weighted by Gasteiger charge is 2.27. The summed E-state index contributed by atoms with van der Waals surface area (Å²) in [5.74, 6) is -1.06. The zero-order valence-electron chi connectivity index (χ0n) is 17.3. The molecule has 1 saturated heterocycles. The summed E-state index contributed by atoms with van der Waals surface area (Å²) >= 11 is 5.88. The lowest BCUT2D eigenvalue weighted by Crippen LogP contribution is -2.51. The van der Waals surface area contributed by atoms with Gasteiger partial charge in [0, 0.05) is 43.5 Å². The Labute approximate surface area is 188 Å². The third-order valence-corrected chi connectivity index (χ3v) is 5.84. The highest BCUT2D eigenvalue weighted by atomic mass is 35.5. The molecular weight excluding hydrogens is 438 g/mol. The van der Waals surface area contributed by atoms with E-state index in [0.29, 0.717) is 37.4 Å². The summed E-state index contributed by atoms with van der Waals surface area (Å²) < 4.78 is 27.8. The fraction of sp³-hybridized carbons (Fsp3) is 0.261. The van der Waals surface area contributed by atoms with Crippen molar-refractivity contribution in [1.29, 1.82) is 0 Å². The molecule has 166 valence electrons. The third kappa shape index (κ3) is 4.50. The standard InChI is InChI=1S/C23H21ClF2N4O2/c1-15(30-22(31)9-8-21(27-30)16-2-4-17(25)5-3-16)23(32)29-12-10-28(11-13-29)18-6-7-20(26)19(24)14-18/h2-9,14-15H,10-13H2,1H3. The number of hydrogen-bond acceptors (Lipinski definition) is 4. The molecule has 1 atom stereocenters. The van der Waals surface area contributed by atoms with E-state index in [0.717, 1.165) is 10.4 Å². The molecule has 1 fully saturated rings. The van der Waals surface area contributed by atoms with Crippen LogP contribution in [0.25, 0.3) is 11.3 Å². The maximum Gasteiger partial charge on any atom is 0.267 e. The largest absolute Gasteiger partial charge is 0.368 e. The molecule has 0 bridgehead atoms. The quantitative estimate of drug-likeness (QED) is 0.597. The van der Waals surface area contributed by atoms with Gasteiger partial charge in [0.05, 0.1) is 10.7 Å². The van der Waals surface area contributed by atoms with Crippen LogP contribution in [0.2, 0.25) is 5.02 Å². The molecule has 1 aliphatic heterocycles. The topological polar surface area (TPSA) is 58.4 Å². The van der Waals surface area contributed by atoms with Gasteiger partial charge in [0.2, 0.25) is 5.91 Å². The predicted molar refractivity (Wildman–Crippen MR) is 119 cm³/mol. The molecule has 1 aromatic heterocycles. The van der Waals surface area contributed by atoms with Gasteiger partial charge in [-0.05, 0) is 55.5 Å². The second-order valence-corrected chi connectivity index (χ2v) is 8.00. The number of halogens is 3. The molecule has 0 N–H and O–H groups in total. The highest BCUT2D eigenvalue weighted by molar-refractivity contribution is 6.31. The summed E-state index contributed by atoms with van der Waals surface area (Å²) in [6.45, 7) is 3.64. The van der Waals surface area contributed by atoms with Gasteiger partial charge in [-0.15, -0.1) is 0 Å². The summed E-state index contributed by atoms with van der Waals surface area (Å²) in [6.07, 6.45) is 0. The summed E-state index contributed by atoms with van der Waals surface area (Å²) in [7, 11) is 0. The minimum atomic E-state index is -0.797. The highest BCUT2D eigenvalue weighted by Crippen LogP contribution is 2.24. The molecule has 1 amide bonds. The number of aromatic nitrogens is 2. The first-order valence-corrected chi connectivity index (χ1v) is 10.6. The van der Waals surface area contributed by atoms with Crippen LogP contribution in [0.4, 0.5) is 14.5 Å². The molecule has 2 heterocycles. The Morgan fingerprint density at radius 2 is 1.69 bits per heavy atom. The normalized spacial score (nSPS) is 15.0. The Morgan fingerprint density at radius 1 is 1.00 bits per heavy atom. The van der Waals surface area contributed by atoms with Crippen molar-refractivity contribution in [3.63, 3.8) is 0 Å². The lowest BCUT2D eigenvalue weighted by atomic mass is 10.1. The molecule has 2 aromatic carbocycles. The Hall–Kier alpha value is -3.26. The number of carbonyl (C=O) groups excluding carboxylic acids is 1. The lowest BCUT2D eigenvalue weighted by Gasteiger charge is -2.37. The number of nitrogens with zero attached hydrogens (tertiary/aromatic N) is 4. The smallest absolute Gasteiger partial charge is 0.267 e. The molecule has 4 rings (SSSR count). The van der Waals surface area contributed by atoms with Gasteiger partial charge in [0.1, 0.15) is 17.7 Å². The number of benzene rings is 2. The van der Waals surface area contributed by atoms with Crippen LogP contribution in [0.1, 0.15) is 13.0 Å². The van der Waals surface area contributed by atoms with Crippen molar-refractivity contribution in [2.75, 3.05) is 31.1 Å². The first kappa shape index (κ1) is 22.0. The maximum atomic E-state index is 13.4. The van der Waals surface area contributed by atoms with E-state index in [-0.39, 0.29) is 16.7 Å². The van der Waals surface area contributed by atoms with Crippen LogP contribution in [0.15, 0.2) is 59.4 Å². The van der Waals surface area contributed by atoms with E-state index in [1.54, 1.807) is 42.2 Å². The zero-order chi connectivity index (χ0) is 22.8. The Morgan fingerprint density at radius 3 is 2.34 bits per heavy atom. The van der Waals surface area contributed by atoms with Crippen molar-refractivity contribution in [3.8, 4) is 11.3 Å². The van der Waals surface area contributed by atoms with Gasteiger partial charge in [-0.3, -0.25) is 9.59 Å². The molecule has 1 aliphatic rings. The summed E-state index contributed by atoms with van der Waals surface area (Å²) in [6, 6.07) is 12.4. The molecule has 9 heteroatoms. The zero-order valence-corrected chi connectivity index (χ0v) is 18.1. The van der Waals surface area contributed by atoms with E-state index >= 15 is 0 Å². The summed E-state index contributed by atoms with van der Waals surface area (Å²) in [5, 5.41) is 4.40. The minimum absolute atomic E-state index is 0.0566. The van der Waals surface area contributed by atoms with Crippen LogP contribution in [-0.4, -0.2) is 46.8 Å². The fourth-order valence-electron chi connectivity index (χ4n) is 3.71. The van der Waals surface area contributed by atoms with Gasteiger partial charge in [-0.25, -0.2) is 13.5 Å². The van der Waals surface area contributed by atoms with Gasteiger partial charge in [0.25, 0.3) is 5.56 Å². The fourth-order valence-corrected chi connectivity index (χ4v) is 3.89. The van der Waals surface area contributed by atoms with Gasteiger partial charge in [-0.2, -0.15) is 5.10 Å². The van der Waals surface area contributed by atoms with Crippen molar-refractivity contribution in [2.24, 2.45) is 0 Å². The van der Waals surface area contributed by atoms with E-state index in [1.807, 2.05) is 4.90 Å². The predicted octanol–water partition coefficient (Wildman–Crippen LogP) is 3.75. The SMILES string of the molecule is CC(C(=O)N1CCN(c2ccc(F)c(Cl)c2)CC1)n1nc(-c2ccc(F)cc2)ccc1=O. The van der Waals surface area contributed by atoms with Crippen LogP contribution >= 0.6 is 11.6 Å². The van der Waals surface area contributed by atoms with Crippen molar-refractivity contribution >= 4 is 23.2 Å². The van der Waals surface area contributed by atoms with Crippen molar-refractivity contribution < 1.29 is 13.6 Å². The van der Waals surface area contributed by atoms with Crippen LogP contribution < -0.4 is 10.5 Å². The number of rotatable bonds is 4. The molecule has 0 spiro atoms. The van der Waals surface area contributed by atoms with E-state index in [2.05, 4.69) is 5.10 Å². The molecule has 3 aromatic rings. The third-order valence-electron chi connectivity index (χ3n) is 5.55. The van der Waals surface area contributed by atoms with E-state index in [4.69, 9.17) is 11.6 Å². The minimum Gasteiger partial charge on any atom is -0.368 e. The van der Waals surface area contributed by atoms with E-state index in [9.17, 15) is 18.4 Å². The number of amides is 1. The average Bonchev–Trinajstić information content (AvgIpc) is 2.81. The molecule has 1 unspecified atom stereocenters. The average molecular weight is 459 g/mol. The Bertz CT molecular complexity index is 1190. The van der Waals surface area contributed by atoms with Crippen molar-refractivity contribution in [2.45, 2.75) is 13.0 Å². The summed E-state index contributed by atoms with van der Waals surface area (Å²) in [5.41, 5.74) is 1.52. The Balaban J connectivity index is 1.47. The molecular formula is C23H21ClF2N4O2. The van der Waals surface area contributed by atoms with Crippen LogP contribution in [-0.2, 0) is 4.79 Å². The molecule has 32 heavy (non-hydrogen) atoms. The maximum absolute atomic E-state index is 13.4.